The van der Waals surface area contributed by atoms with Crippen molar-refractivity contribution in [2.75, 3.05) is 11.9 Å². The molecule has 1 aromatic heterocycles. The van der Waals surface area contributed by atoms with E-state index >= 15 is 0 Å². The van der Waals surface area contributed by atoms with Gasteiger partial charge in [-0.15, -0.1) is 0 Å². The number of aromatic nitrogens is 1. The van der Waals surface area contributed by atoms with Crippen molar-refractivity contribution in [3.63, 3.8) is 0 Å². The normalized spacial score (nSPS) is 25.6. The Balaban J connectivity index is 1.95. The predicted octanol–water partition coefficient (Wildman–Crippen LogP) is 3.04. The molecule has 0 unspecified atom stereocenters. The molecule has 2 N–H and O–H groups in total. The lowest BCUT2D eigenvalue weighted by atomic mass is 9.78. The van der Waals surface area contributed by atoms with E-state index in [2.05, 4.69) is 17.2 Å². The van der Waals surface area contributed by atoms with E-state index in [0.29, 0.717) is 12.4 Å². The monoisotopic (exact) mass is 293 g/mol. The Morgan fingerprint density at radius 3 is 2.71 bits per heavy atom. The molecule has 1 aliphatic carbocycles. The number of pyridine rings is 1. The molecule has 1 heterocycles. The van der Waals surface area contributed by atoms with Crippen molar-refractivity contribution in [2.45, 2.75) is 51.6 Å². The Hall–Kier alpha value is -1.69. The molecule has 0 spiro atoms. The van der Waals surface area contributed by atoms with E-state index in [0.717, 1.165) is 37.2 Å². The molecule has 116 valence electrons. The molecule has 0 radical (unpaired) electrons. The molecule has 6 heteroatoms. The molecule has 0 amide bonds. The van der Waals surface area contributed by atoms with Crippen LogP contribution in [0.15, 0.2) is 12.3 Å². The number of anilines is 1. The van der Waals surface area contributed by atoms with Gasteiger partial charge in [-0.2, -0.15) is 0 Å². The fraction of sp³-hybridized carbons (Fsp3) is 0.667. The second-order valence-corrected chi connectivity index (χ2v) is 6.05. The first kappa shape index (κ1) is 15.7. The number of nitrogens with zero attached hydrogens (tertiary/aromatic N) is 2. The van der Waals surface area contributed by atoms with Crippen molar-refractivity contribution in [3.8, 4) is 0 Å². The highest BCUT2D eigenvalue weighted by molar-refractivity contribution is 5.48. The quantitative estimate of drug-likeness (QED) is 0.643. The zero-order valence-corrected chi connectivity index (χ0v) is 12.6. The van der Waals surface area contributed by atoms with Crippen LogP contribution >= 0.6 is 0 Å². The van der Waals surface area contributed by atoms with Crippen LogP contribution in [0.25, 0.3) is 0 Å². The lowest BCUT2D eigenvalue weighted by molar-refractivity contribution is -0.385. The number of hydrogen-bond acceptors (Lipinski definition) is 5. The Morgan fingerprint density at radius 1 is 1.52 bits per heavy atom. The lowest BCUT2D eigenvalue weighted by Crippen LogP contribution is -2.40. The molecule has 0 saturated heterocycles. The molecule has 0 aliphatic heterocycles. The first-order valence-electron chi connectivity index (χ1n) is 7.51. The first-order valence-corrected chi connectivity index (χ1v) is 7.51. The largest absolute Gasteiger partial charge is 0.388 e. The Bertz CT molecular complexity index is 511. The Labute approximate surface area is 124 Å². The molecule has 2 rings (SSSR count). The summed E-state index contributed by atoms with van der Waals surface area (Å²) in [6.45, 7) is 4.41. The van der Waals surface area contributed by atoms with Crippen LogP contribution in [0.1, 0.15) is 44.6 Å². The fourth-order valence-electron chi connectivity index (χ4n) is 2.89. The minimum absolute atomic E-state index is 0.0137. The Kier molecular flexibility index (Phi) is 4.77. The second kappa shape index (κ2) is 6.39. The van der Waals surface area contributed by atoms with Gasteiger partial charge >= 0.3 is 0 Å². The molecule has 6 nitrogen and oxygen atoms in total. The maximum atomic E-state index is 10.7. The highest BCUT2D eigenvalue weighted by atomic mass is 16.6. The standard InChI is InChI=1S/C15H23N3O3/c1-3-12-4-6-15(19,7-5-12)10-17-14-11(2)8-13(9-16-14)18(20)21/h8-9,12,19H,3-7,10H2,1-2H3,(H,16,17). The van der Waals surface area contributed by atoms with Gasteiger partial charge in [0.25, 0.3) is 5.69 Å². The van der Waals surface area contributed by atoms with Crippen LogP contribution in [0, 0.1) is 23.0 Å². The summed E-state index contributed by atoms with van der Waals surface area (Å²) >= 11 is 0. The molecule has 1 aliphatic rings. The summed E-state index contributed by atoms with van der Waals surface area (Å²) in [6, 6.07) is 1.49. The van der Waals surface area contributed by atoms with Crippen molar-refractivity contribution >= 4 is 11.5 Å². The third kappa shape index (κ3) is 3.91. The number of aliphatic hydroxyl groups is 1. The van der Waals surface area contributed by atoms with Crippen molar-refractivity contribution in [1.29, 1.82) is 0 Å². The van der Waals surface area contributed by atoms with Crippen molar-refractivity contribution in [2.24, 2.45) is 5.92 Å². The summed E-state index contributed by atoms with van der Waals surface area (Å²) in [5.41, 5.74) is 0.0111. The van der Waals surface area contributed by atoms with Gasteiger partial charge in [0.05, 0.1) is 10.5 Å². The van der Waals surface area contributed by atoms with Gasteiger partial charge in [0.1, 0.15) is 12.0 Å². The summed E-state index contributed by atoms with van der Waals surface area (Å²) in [4.78, 5) is 14.3. The third-order valence-electron chi connectivity index (χ3n) is 4.47. The van der Waals surface area contributed by atoms with Gasteiger partial charge in [0.15, 0.2) is 0 Å². The van der Waals surface area contributed by atoms with Gasteiger partial charge < -0.3 is 10.4 Å². The van der Waals surface area contributed by atoms with Gasteiger partial charge in [-0.05, 0) is 44.1 Å². The molecule has 1 fully saturated rings. The zero-order chi connectivity index (χ0) is 15.5. The first-order chi connectivity index (χ1) is 9.93. The summed E-state index contributed by atoms with van der Waals surface area (Å²) in [7, 11) is 0. The van der Waals surface area contributed by atoms with Crippen LogP contribution in [-0.2, 0) is 0 Å². The molecular formula is C15H23N3O3. The summed E-state index contributed by atoms with van der Waals surface area (Å²) < 4.78 is 0. The lowest BCUT2D eigenvalue weighted by Gasteiger charge is -2.36. The Morgan fingerprint density at radius 2 is 2.19 bits per heavy atom. The van der Waals surface area contributed by atoms with Crippen LogP contribution in [0.3, 0.4) is 0 Å². The van der Waals surface area contributed by atoms with Crippen molar-refractivity contribution in [1.82, 2.24) is 4.98 Å². The molecular weight excluding hydrogens is 270 g/mol. The average Bonchev–Trinajstić information content (AvgIpc) is 2.46. The van der Waals surface area contributed by atoms with Crippen molar-refractivity contribution in [3.05, 3.63) is 27.9 Å². The van der Waals surface area contributed by atoms with E-state index in [1.807, 2.05) is 0 Å². The van der Waals surface area contributed by atoms with Gasteiger partial charge in [0, 0.05) is 12.6 Å². The van der Waals surface area contributed by atoms with Crippen LogP contribution < -0.4 is 5.32 Å². The highest BCUT2D eigenvalue weighted by Crippen LogP contribution is 2.34. The maximum absolute atomic E-state index is 10.7. The van der Waals surface area contributed by atoms with E-state index in [9.17, 15) is 15.2 Å². The van der Waals surface area contributed by atoms with E-state index in [4.69, 9.17) is 0 Å². The number of hydrogen-bond donors (Lipinski definition) is 2. The summed E-state index contributed by atoms with van der Waals surface area (Å²) in [5.74, 6) is 1.33. The van der Waals surface area contributed by atoms with E-state index in [-0.39, 0.29) is 5.69 Å². The van der Waals surface area contributed by atoms with Crippen LogP contribution in [0.5, 0.6) is 0 Å². The maximum Gasteiger partial charge on any atom is 0.287 e. The SMILES string of the molecule is CCC1CCC(O)(CNc2ncc([N+](=O)[O-])cc2C)CC1. The molecule has 0 atom stereocenters. The zero-order valence-electron chi connectivity index (χ0n) is 12.6. The smallest absolute Gasteiger partial charge is 0.287 e. The average molecular weight is 293 g/mol. The summed E-state index contributed by atoms with van der Waals surface area (Å²) in [6.07, 6.45) is 6.12. The summed E-state index contributed by atoms with van der Waals surface area (Å²) in [5, 5.41) is 24.4. The van der Waals surface area contributed by atoms with E-state index in [1.54, 1.807) is 6.92 Å². The number of nitrogens with one attached hydrogen (secondary N) is 1. The molecule has 21 heavy (non-hydrogen) atoms. The van der Waals surface area contributed by atoms with Crippen LogP contribution in [0.4, 0.5) is 11.5 Å². The van der Waals surface area contributed by atoms with Gasteiger partial charge in [0.2, 0.25) is 0 Å². The van der Waals surface area contributed by atoms with Gasteiger partial charge in [-0.1, -0.05) is 13.3 Å². The highest BCUT2D eigenvalue weighted by Gasteiger charge is 2.32. The van der Waals surface area contributed by atoms with Gasteiger partial charge in [-0.25, -0.2) is 4.98 Å². The number of nitro groups is 1. The molecule has 1 aromatic rings. The third-order valence-corrected chi connectivity index (χ3v) is 4.47. The van der Waals surface area contributed by atoms with Gasteiger partial charge in [-0.3, -0.25) is 10.1 Å². The number of rotatable bonds is 5. The molecule has 1 saturated carbocycles. The topological polar surface area (TPSA) is 88.3 Å². The van der Waals surface area contributed by atoms with E-state index in [1.165, 1.54) is 18.7 Å². The predicted molar refractivity (Wildman–Crippen MR) is 81.3 cm³/mol. The second-order valence-electron chi connectivity index (χ2n) is 6.05. The molecule has 0 aromatic carbocycles. The van der Waals surface area contributed by atoms with Crippen LogP contribution in [0.2, 0.25) is 0 Å². The number of aryl methyl sites for hydroxylation is 1. The minimum Gasteiger partial charge on any atom is -0.388 e. The minimum atomic E-state index is -0.693. The van der Waals surface area contributed by atoms with E-state index < -0.39 is 10.5 Å². The van der Waals surface area contributed by atoms with Crippen molar-refractivity contribution < 1.29 is 10.0 Å². The molecule has 0 bridgehead atoms. The van der Waals surface area contributed by atoms with Crippen LogP contribution in [-0.4, -0.2) is 27.2 Å². The fourth-order valence-corrected chi connectivity index (χ4v) is 2.89.